The van der Waals surface area contributed by atoms with Crippen molar-refractivity contribution in [3.63, 3.8) is 0 Å². The number of aromatic nitrogens is 4. The van der Waals surface area contributed by atoms with Crippen molar-refractivity contribution in [2.75, 3.05) is 37.4 Å². The number of hydrogen-bond donors (Lipinski definition) is 2. The Kier molecular flexibility index (Phi) is 6.81. The van der Waals surface area contributed by atoms with Crippen LogP contribution in [0.2, 0.25) is 0 Å². The van der Waals surface area contributed by atoms with Gasteiger partial charge in [-0.3, -0.25) is 9.78 Å². The average molecular weight is 524 g/mol. The summed E-state index contributed by atoms with van der Waals surface area (Å²) in [7, 11) is 1.61. The zero-order valence-corrected chi connectivity index (χ0v) is 20.6. The summed E-state index contributed by atoms with van der Waals surface area (Å²) in [5, 5.41) is 6.08. The van der Waals surface area contributed by atoms with Gasteiger partial charge < -0.3 is 19.9 Å². The van der Waals surface area contributed by atoms with Crippen molar-refractivity contribution in [3.8, 4) is 22.5 Å². The topological polar surface area (TPSA) is 106 Å². The van der Waals surface area contributed by atoms with Gasteiger partial charge in [-0.25, -0.2) is 9.98 Å². The normalized spacial score (nSPS) is 13.4. The van der Waals surface area contributed by atoms with Crippen molar-refractivity contribution in [2.24, 2.45) is 4.99 Å². The molecule has 9 nitrogen and oxygen atoms in total. The van der Waals surface area contributed by atoms with Crippen LogP contribution >= 0.6 is 0 Å². The summed E-state index contributed by atoms with van der Waals surface area (Å²) in [5.41, 5.74) is 3.04. The second kappa shape index (κ2) is 10.2. The number of nitrogens with one attached hydrogen (secondary N) is 2. The third-order valence-electron chi connectivity index (χ3n) is 6.15. The van der Waals surface area contributed by atoms with Gasteiger partial charge in [-0.05, 0) is 48.4 Å². The molecule has 0 saturated carbocycles. The SMILES string of the molecule is COCCN=c1ncc2cc(-c3cc(NC(=O)c4cc(C(F)(F)F)ccn4)ccc3C)c3n(c-2n1)CCN3. The van der Waals surface area contributed by atoms with E-state index in [1.165, 1.54) is 0 Å². The number of anilines is 2. The van der Waals surface area contributed by atoms with Crippen molar-refractivity contribution in [1.29, 1.82) is 0 Å². The fraction of sp³-hybridized carbons (Fsp3) is 0.269. The van der Waals surface area contributed by atoms with Gasteiger partial charge in [-0.15, -0.1) is 0 Å². The molecule has 3 aliphatic rings. The van der Waals surface area contributed by atoms with Crippen LogP contribution < -0.4 is 16.3 Å². The molecule has 2 N–H and O–H groups in total. The Morgan fingerprint density at radius 2 is 2.03 bits per heavy atom. The van der Waals surface area contributed by atoms with Gasteiger partial charge in [0.2, 0.25) is 5.62 Å². The highest BCUT2D eigenvalue weighted by Gasteiger charge is 2.31. The first-order chi connectivity index (χ1) is 18.2. The molecule has 1 aromatic carbocycles. The number of rotatable bonds is 6. The summed E-state index contributed by atoms with van der Waals surface area (Å²) in [6.45, 7) is 4.29. The first-order valence-electron chi connectivity index (χ1n) is 11.8. The number of fused-ring (bicyclic) bond motifs is 3. The predicted octanol–water partition coefficient (Wildman–Crippen LogP) is 4.00. The largest absolute Gasteiger partial charge is 0.416 e. The van der Waals surface area contributed by atoms with Gasteiger partial charge >= 0.3 is 6.18 Å². The lowest BCUT2D eigenvalue weighted by Crippen LogP contribution is -2.19. The second-order valence-corrected chi connectivity index (χ2v) is 8.72. The smallest absolute Gasteiger partial charge is 0.383 e. The summed E-state index contributed by atoms with van der Waals surface area (Å²) in [6.07, 6.45) is -1.88. The molecule has 196 valence electrons. The molecular formula is C26H24F3N7O2. The lowest BCUT2D eigenvalue weighted by molar-refractivity contribution is -0.137. The second-order valence-electron chi connectivity index (χ2n) is 8.72. The molecule has 0 bridgehead atoms. The molecular weight excluding hydrogens is 499 g/mol. The number of carbonyl (C=O) groups excluding carboxylic acids is 1. The van der Waals surface area contributed by atoms with Crippen LogP contribution in [-0.2, 0) is 17.5 Å². The number of nitrogens with zero attached hydrogens (tertiary/aromatic N) is 5. The van der Waals surface area contributed by atoms with Gasteiger partial charge in [0.1, 0.15) is 17.3 Å². The Hall–Kier alpha value is -4.32. The third kappa shape index (κ3) is 5.07. The fourth-order valence-electron chi connectivity index (χ4n) is 4.30. The number of amides is 1. The van der Waals surface area contributed by atoms with E-state index in [1.807, 2.05) is 19.1 Å². The van der Waals surface area contributed by atoms with E-state index in [4.69, 9.17) is 4.74 Å². The molecule has 3 aliphatic heterocycles. The Morgan fingerprint density at radius 3 is 2.82 bits per heavy atom. The van der Waals surface area contributed by atoms with Gasteiger partial charge in [0, 0.05) is 49.4 Å². The molecule has 1 aromatic heterocycles. The number of aryl methyl sites for hydroxylation is 1. The quantitative estimate of drug-likeness (QED) is 0.370. The summed E-state index contributed by atoms with van der Waals surface area (Å²) in [4.78, 5) is 29.9. The molecule has 0 spiro atoms. The fourth-order valence-corrected chi connectivity index (χ4v) is 4.30. The average Bonchev–Trinajstić information content (AvgIpc) is 3.40. The molecule has 0 unspecified atom stereocenters. The van der Waals surface area contributed by atoms with Crippen LogP contribution in [-0.4, -0.2) is 52.2 Å². The van der Waals surface area contributed by atoms with E-state index in [-0.39, 0.29) is 5.69 Å². The van der Waals surface area contributed by atoms with Gasteiger partial charge in [0.25, 0.3) is 5.91 Å². The Bertz CT molecular complexity index is 1550. The zero-order chi connectivity index (χ0) is 26.9. The van der Waals surface area contributed by atoms with Gasteiger partial charge in [0.15, 0.2) is 0 Å². The van der Waals surface area contributed by atoms with E-state index < -0.39 is 17.6 Å². The monoisotopic (exact) mass is 523 g/mol. The highest BCUT2D eigenvalue weighted by Crippen LogP contribution is 2.39. The number of ether oxygens (including phenoxy) is 1. The van der Waals surface area contributed by atoms with E-state index >= 15 is 0 Å². The number of carbonyl (C=O) groups is 1. The van der Waals surface area contributed by atoms with E-state index in [2.05, 4.69) is 35.1 Å². The van der Waals surface area contributed by atoms with Crippen LogP contribution in [0.1, 0.15) is 21.6 Å². The van der Waals surface area contributed by atoms with Gasteiger partial charge in [-0.2, -0.15) is 18.2 Å². The predicted molar refractivity (Wildman–Crippen MR) is 135 cm³/mol. The third-order valence-corrected chi connectivity index (χ3v) is 6.15. The molecule has 0 atom stereocenters. The molecule has 38 heavy (non-hydrogen) atoms. The summed E-state index contributed by atoms with van der Waals surface area (Å²) < 4.78 is 46.3. The summed E-state index contributed by atoms with van der Waals surface area (Å²) in [6, 6.07) is 8.86. The Labute approximate surface area is 215 Å². The Balaban J connectivity index is 1.51. The molecule has 4 heterocycles. The molecule has 12 heteroatoms. The van der Waals surface area contributed by atoms with Crippen LogP contribution in [0.25, 0.3) is 22.5 Å². The minimum absolute atomic E-state index is 0.324. The highest BCUT2D eigenvalue weighted by molar-refractivity contribution is 6.03. The zero-order valence-electron chi connectivity index (χ0n) is 20.6. The van der Waals surface area contributed by atoms with Crippen LogP contribution in [0.5, 0.6) is 0 Å². The van der Waals surface area contributed by atoms with Gasteiger partial charge in [0.05, 0.1) is 18.7 Å². The number of halogens is 3. The standard InChI is InChI=1S/C26H24F3N7O2/c1-15-3-4-18(34-24(37)21-12-17(5-6-30-21)26(27,28)29)13-19(15)20-11-16-14-33-25(32-8-10-38-2)35-22(16)36-9-7-31-23(20)36/h3-6,11-14,31H,7-10H2,1-2H3,(H,34,37). The van der Waals surface area contributed by atoms with Crippen LogP contribution in [0.3, 0.4) is 0 Å². The first kappa shape index (κ1) is 25.3. The molecule has 0 saturated heterocycles. The van der Waals surface area contributed by atoms with Crippen LogP contribution in [0.15, 0.2) is 53.8 Å². The van der Waals surface area contributed by atoms with Crippen molar-refractivity contribution in [3.05, 3.63) is 71.2 Å². The van der Waals surface area contributed by atoms with Crippen molar-refractivity contribution < 1.29 is 22.7 Å². The maximum Gasteiger partial charge on any atom is 0.416 e. The maximum absolute atomic E-state index is 13.1. The van der Waals surface area contributed by atoms with Crippen molar-refractivity contribution in [2.45, 2.75) is 19.6 Å². The molecule has 0 fully saturated rings. The lowest BCUT2D eigenvalue weighted by atomic mass is 9.98. The summed E-state index contributed by atoms with van der Waals surface area (Å²) >= 11 is 0. The highest BCUT2D eigenvalue weighted by atomic mass is 19.4. The lowest BCUT2D eigenvalue weighted by Gasteiger charge is -2.19. The molecule has 2 aromatic rings. The maximum atomic E-state index is 13.1. The minimum atomic E-state index is -4.57. The number of hydrogen-bond acceptors (Lipinski definition) is 7. The van der Waals surface area contributed by atoms with E-state index in [9.17, 15) is 18.0 Å². The van der Waals surface area contributed by atoms with E-state index in [1.54, 1.807) is 25.4 Å². The van der Waals surface area contributed by atoms with Crippen molar-refractivity contribution >= 4 is 17.4 Å². The molecule has 0 radical (unpaired) electrons. The number of pyridine rings is 2. The number of benzene rings is 1. The van der Waals surface area contributed by atoms with Crippen molar-refractivity contribution in [1.82, 2.24) is 19.5 Å². The minimum Gasteiger partial charge on any atom is -0.383 e. The number of alkyl halides is 3. The van der Waals surface area contributed by atoms with E-state index in [0.29, 0.717) is 37.5 Å². The number of methoxy groups -OCH3 is 1. The molecule has 1 amide bonds. The first-order valence-corrected chi connectivity index (χ1v) is 11.8. The molecule has 5 rings (SSSR count). The molecule has 0 aliphatic carbocycles. The summed E-state index contributed by atoms with van der Waals surface area (Å²) in [5.74, 6) is 0.878. The van der Waals surface area contributed by atoms with Crippen LogP contribution in [0, 0.1) is 6.92 Å². The van der Waals surface area contributed by atoms with Crippen LogP contribution in [0.4, 0.5) is 24.7 Å². The van der Waals surface area contributed by atoms with E-state index in [0.717, 1.165) is 52.2 Å². The van der Waals surface area contributed by atoms with Gasteiger partial charge in [-0.1, -0.05) is 6.07 Å². The Morgan fingerprint density at radius 1 is 1.18 bits per heavy atom.